The molecule has 0 aromatic heterocycles. The molecule has 0 aliphatic carbocycles. The Kier molecular flexibility index (Phi) is 15.4. The number of carbonyl (C=O) groups is 1. The van der Waals surface area contributed by atoms with Crippen molar-refractivity contribution in [2.45, 2.75) is 38.4 Å². The fourth-order valence-corrected chi connectivity index (χ4v) is 4.55. The first-order valence-electron chi connectivity index (χ1n) is 15.4. The Balaban J connectivity index is 1.27. The van der Waals surface area contributed by atoms with Crippen LogP contribution in [0.4, 0.5) is 4.79 Å². The molecular formula is C36H49NO7. The molecule has 3 aromatic rings. The van der Waals surface area contributed by atoms with E-state index >= 15 is 0 Å². The predicted molar refractivity (Wildman–Crippen MR) is 172 cm³/mol. The Morgan fingerprint density at radius 3 is 1.36 bits per heavy atom. The van der Waals surface area contributed by atoms with Gasteiger partial charge in [0.25, 0.3) is 0 Å². The van der Waals surface area contributed by atoms with Gasteiger partial charge in [-0.05, 0) is 43.9 Å². The van der Waals surface area contributed by atoms with E-state index in [0.717, 1.165) is 23.1 Å². The van der Waals surface area contributed by atoms with Crippen molar-refractivity contribution in [2.75, 3.05) is 73.1 Å². The number of carbonyl (C=O) groups excluding carboxylic acids is 1. The van der Waals surface area contributed by atoms with E-state index in [2.05, 4.69) is 72.8 Å². The van der Waals surface area contributed by atoms with Crippen LogP contribution in [0.1, 0.15) is 43.9 Å². The quantitative estimate of drug-likeness (QED) is 0.110. The summed E-state index contributed by atoms with van der Waals surface area (Å²) in [5.41, 5.74) is 2.04. The first-order chi connectivity index (χ1) is 21.3. The average Bonchev–Trinajstić information content (AvgIpc) is 3.03. The summed E-state index contributed by atoms with van der Waals surface area (Å²) in [5, 5.41) is 0. The van der Waals surface area contributed by atoms with Crippen LogP contribution < -0.4 is 0 Å². The van der Waals surface area contributed by atoms with Gasteiger partial charge in [-0.2, -0.15) is 0 Å². The summed E-state index contributed by atoms with van der Waals surface area (Å²) in [7, 11) is 1.69. The Morgan fingerprint density at radius 1 is 0.568 bits per heavy atom. The fourth-order valence-electron chi connectivity index (χ4n) is 4.55. The van der Waals surface area contributed by atoms with Gasteiger partial charge in [0.15, 0.2) is 0 Å². The molecule has 240 valence electrons. The molecule has 0 unspecified atom stereocenters. The van der Waals surface area contributed by atoms with Crippen LogP contribution in [0.5, 0.6) is 0 Å². The minimum absolute atomic E-state index is 0.358. The van der Waals surface area contributed by atoms with Crippen LogP contribution >= 0.6 is 0 Å². The smallest absolute Gasteiger partial charge is 0.410 e. The number of likely N-dealkylation sites (N-methyl/N-ethyl adjacent to an activating group) is 1. The molecule has 0 atom stereocenters. The third-order valence-corrected chi connectivity index (χ3v) is 6.68. The maximum Gasteiger partial charge on any atom is 0.410 e. The van der Waals surface area contributed by atoms with Crippen molar-refractivity contribution in [1.29, 1.82) is 0 Å². The van der Waals surface area contributed by atoms with Crippen molar-refractivity contribution in [1.82, 2.24) is 4.90 Å². The molecule has 3 rings (SSSR count). The fraction of sp³-hybridized carbons (Fsp3) is 0.472. The van der Waals surface area contributed by atoms with Crippen LogP contribution in [0.15, 0.2) is 91.0 Å². The number of hydrogen-bond donors (Lipinski definition) is 0. The zero-order valence-corrected chi connectivity index (χ0v) is 26.7. The molecule has 0 spiro atoms. The molecule has 0 radical (unpaired) electrons. The molecule has 0 saturated heterocycles. The zero-order chi connectivity index (χ0) is 31.5. The number of benzene rings is 3. The van der Waals surface area contributed by atoms with E-state index < -0.39 is 11.2 Å². The molecule has 0 N–H and O–H groups in total. The van der Waals surface area contributed by atoms with Crippen molar-refractivity contribution in [2.24, 2.45) is 0 Å². The third-order valence-electron chi connectivity index (χ3n) is 6.68. The van der Waals surface area contributed by atoms with Gasteiger partial charge in [0.2, 0.25) is 0 Å². The van der Waals surface area contributed by atoms with Crippen molar-refractivity contribution < 1.29 is 33.2 Å². The second-order valence-corrected chi connectivity index (χ2v) is 11.3. The summed E-state index contributed by atoms with van der Waals surface area (Å²) in [6, 6.07) is 31.1. The first-order valence-corrected chi connectivity index (χ1v) is 15.4. The summed E-state index contributed by atoms with van der Waals surface area (Å²) in [6.45, 7) is 10.4. The third kappa shape index (κ3) is 12.0. The molecule has 0 aliphatic rings. The maximum atomic E-state index is 11.9. The summed E-state index contributed by atoms with van der Waals surface area (Å²) in [4.78, 5) is 13.4. The van der Waals surface area contributed by atoms with Crippen LogP contribution in [0.3, 0.4) is 0 Å². The monoisotopic (exact) mass is 607 g/mol. The summed E-state index contributed by atoms with van der Waals surface area (Å²) < 4.78 is 34.6. The van der Waals surface area contributed by atoms with Crippen LogP contribution in [0.25, 0.3) is 0 Å². The van der Waals surface area contributed by atoms with Gasteiger partial charge in [-0.25, -0.2) is 4.79 Å². The van der Waals surface area contributed by atoms with Crippen LogP contribution in [-0.4, -0.2) is 89.6 Å². The number of amides is 1. The van der Waals surface area contributed by atoms with Crippen molar-refractivity contribution >= 4 is 6.09 Å². The van der Waals surface area contributed by atoms with Gasteiger partial charge in [0, 0.05) is 20.2 Å². The van der Waals surface area contributed by atoms with E-state index in [0.29, 0.717) is 66.0 Å². The Bertz CT molecular complexity index is 1070. The van der Waals surface area contributed by atoms with Gasteiger partial charge < -0.3 is 33.3 Å². The predicted octanol–water partition coefficient (Wildman–Crippen LogP) is 6.32. The molecule has 3 aromatic carbocycles. The second kappa shape index (κ2) is 19.2. The minimum Gasteiger partial charge on any atom is -0.444 e. The lowest BCUT2D eigenvalue weighted by Crippen LogP contribution is -2.36. The molecule has 8 heteroatoms. The van der Waals surface area contributed by atoms with E-state index in [4.69, 9.17) is 28.4 Å². The highest BCUT2D eigenvalue weighted by atomic mass is 16.6. The van der Waals surface area contributed by atoms with Gasteiger partial charge in [-0.3, -0.25) is 0 Å². The van der Waals surface area contributed by atoms with Gasteiger partial charge >= 0.3 is 6.09 Å². The molecule has 0 aliphatic heterocycles. The van der Waals surface area contributed by atoms with E-state index in [-0.39, 0.29) is 6.09 Å². The first kappa shape index (κ1) is 35.2. The summed E-state index contributed by atoms with van der Waals surface area (Å²) in [6.07, 6.45) is 0.397. The molecule has 0 bridgehead atoms. The van der Waals surface area contributed by atoms with Crippen LogP contribution in [-0.2, 0) is 34.0 Å². The maximum absolute atomic E-state index is 11.9. The van der Waals surface area contributed by atoms with E-state index in [9.17, 15) is 4.79 Å². The Morgan fingerprint density at radius 2 is 0.955 bits per heavy atom. The standard InChI is InChI=1S/C36H49NO7/c1-35(2,3)44-34(38)37(4)21-24-40-26-28-42-30-29-41-27-25-39-22-14-23-43-36(31-15-8-5-9-16-31,32-17-10-6-11-18-32)33-19-12-7-13-20-33/h5-13,15-20H,14,21-30H2,1-4H3. The van der Waals surface area contributed by atoms with Crippen molar-refractivity contribution in [3.8, 4) is 0 Å². The Hall–Kier alpha value is -3.27. The zero-order valence-electron chi connectivity index (χ0n) is 26.7. The van der Waals surface area contributed by atoms with Crippen LogP contribution in [0, 0.1) is 0 Å². The minimum atomic E-state index is -0.714. The molecule has 0 saturated carbocycles. The van der Waals surface area contributed by atoms with Gasteiger partial charge in [0.05, 0.1) is 52.9 Å². The number of rotatable bonds is 20. The summed E-state index contributed by atoms with van der Waals surface area (Å²) >= 11 is 0. The highest BCUT2D eigenvalue weighted by Crippen LogP contribution is 2.40. The lowest BCUT2D eigenvalue weighted by Gasteiger charge is -2.36. The van der Waals surface area contributed by atoms with E-state index in [1.165, 1.54) is 4.90 Å². The van der Waals surface area contributed by atoms with E-state index in [1.807, 2.05) is 39.0 Å². The molecule has 1 amide bonds. The molecular weight excluding hydrogens is 558 g/mol. The number of nitrogens with zero attached hydrogens (tertiary/aromatic N) is 1. The van der Waals surface area contributed by atoms with E-state index in [1.54, 1.807) is 7.05 Å². The molecule has 8 nitrogen and oxygen atoms in total. The number of ether oxygens (including phenoxy) is 6. The molecule has 0 heterocycles. The van der Waals surface area contributed by atoms with Crippen LogP contribution in [0.2, 0.25) is 0 Å². The second-order valence-electron chi connectivity index (χ2n) is 11.3. The molecule has 44 heavy (non-hydrogen) atoms. The summed E-state index contributed by atoms with van der Waals surface area (Å²) in [5.74, 6) is 0. The lowest BCUT2D eigenvalue weighted by molar-refractivity contribution is -0.0166. The number of hydrogen-bond acceptors (Lipinski definition) is 7. The molecule has 0 fully saturated rings. The van der Waals surface area contributed by atoms with Crippen molar-refractivity contribution in [3.63, 3.8) is 0 Å². The normalized spacial score (nSPS) is 11.8. The average molecular weight is 608 g/mol. The largest absolute Gasteiger partial charge is 0.444 e. The van der Waals surface area contributed by atoms with Gasteiger partial charge in [-0.15, -0.1) is 0 Å². The topological polar surface area (TPSA) is 75.7 Å². The highest BCUT2D eigenvalue weighted by molar-refractivity contribution is 5.67. The van der Waals surface area contributed by atoms with Gasteiger partial charge in [-0.1, -0.05) is 91.0 Å². The van der Waals surface area contributed by atoms with Gasteiger partial charge in [0.1, 0.15) is 11.2 Å². The Labute approximate surface area is 263 Å². The lowest BCUT2D eigenvalue weighted by atomic mass is 9.80. The van der Waals surface area contributed by atoms with Crippen molar-refractivity contribution in [3.05, 3.63) is 108 Å². The SMILES string of the molecule is CN(CCOCCOCCOCCOCCCOC(c1ccccc1)(c1ccccc1)c1ccccc1)C(=O)OC(C)(C)C. The highest BCUT2D eigenvalue weighted by Gasteiger charge is 2.37.